The van der Waals surface area contributed by atoms with Crippen LogP contribution in [0.4, 0.5) is 0 Å². The fourth-order valence-corrected chi connectivity index (χ4v) is 2.72. The van der Waals surface area contributed by atoms with Gasteiger partial charge in [-0.1, -0.05) is 12.1 Å². The first kappa shape index (κ1) is 18.0. The van der Waals surface area contributed by atoms with Gasteiger partial charge < -0.3 is 10.1 Å². The fourth-order valence-electron chi connectivity index (χ4n) is 2.72. The summed E-state index contributed by atoms with van der Waals surface area (Å²) in [6.07, 6.45) is 3.71. The predicted molar refractivity (Wildman–Crippen MR) is 87.0 cm³/mol. The van der Waals surface area contributed by atoms with E-state index >= 15 is 0 Å². The van der Waals surface area contributed by atoms with Gasteiger partial charge in [0, 0.05) is 12.6 Å². The average molecular weight is 313 g/mol. The minimum absolute atomic E-state index is 0. The lowest BCUT2D eigenvalue weighted by Crippen LogP contribution is -2.32. The number of ether oxygens (including phenoxy) is 1. The first-order valence-corrected chi connectivity index (χ1v) is 7.29. The summed E-state index contributed by atoms with van der Waals surface area (Å²) < 4.78 is 4.71. The third-order valence-electron chi connectivity index (χ3n) is 3.98. The van der Waals surface area contributed by atoms with E-state index in [0.29, 0.717) is 11.6 Å². The van der Waals surface area contributed by atoms with Crippen molar-refractivity contribution >= 4 is 18.4 Å². The Bertz CT molecular complexity index is 428. The highest BCUT2D eigenvalue weighted by atomic mass is 35.5. The van der Waals surface area contributed by atoms with Crippen LogP contribution in [0.15, 0.2) is 24.3 Å². The number of rotatable bonds is 4. The molecule has 118 valence electrons. The summed E-state index contributed by atoms with van der Waals surface area (Å²) in [5, 5.41) is 3.44. The molecule has 0 amide bonds. The molecule has 0 saturated carbocycles. The van der Waals surface area contributed by atoms with E-state index in [-0.39, 0.29) is 18.4 Å². The molecule has 5 heteroatoms. The number of esters is 1. The molecule has 1 aromatic rings. The van der Waals surface area contributed by atoms with Crippen LogP contribution in [-0.2, 0) is 11.3 Å². The summed E-state index contributed by atoms with van der Waals surface area (Å²) in [6.45, 7) is 3.17. The Hall–Kier alpha value is -1.10. The van der Waals surface area contributed by atoms with Crippen molar-refractivity contribution in [2.24, 2.45) is 0 Å². The van der Waals surface area contributed by atoms with Gasteiger partial charge in [-0.05, 0) is 57.1 Å². The molecule has 1 heterocycles. The molecule has 1 atom stereocenters. The monoisotopic (exact) mass is 312 g/mol. The van der Waals surface area contributed by atoms with E-state index in [4.69, 9.17) is 4.74 Å². The van der Waals surface area contributed by atoms with E-state index < -0.39 is 0 Å². The van der Waals surface area contributed by atoms with Crippen LogP contribution >= 0.6 is 12.4 Å². The van der Waals surface area contributed by atoms with Crippen LogP contribution in [0, 0.1) is 0 Å². The highest BCUT2D eigenvalue weighted by Gasteiger charge is 2.16. The molecule has 2 rings (SSSR count). The van der Waals surface area contributed by atoms with Crippen molar-refractivity contribution < 1.29 is 9.53 Å². The van der Waals surface area contributed by atoms with E-state index in [1.807, 2.05) is 24.3 Å². The average Bonchev–Trinajstić information content (AvgIpc) is 2.76. The normalized spacial score (nSPS) is 18.7. The van der Waals surface area contributed by atoms with Gasteiger partial charge in [0.05, 0.1) is 12.7 Å². The summed E-state index contributed by atoms with van der Waals surface area (Å²) in [6, 6.07) is 8.34. The van der Waals surface area contributed by atoms with Crippen LogP contribution in [0.25, 0.3) is 0 Å². The minimum atomic E-state index is -0.278. The second-order valence-electron chi connectivity index (χ2n) is 5.44. The molecule has 0 spiro atoms. The van der Waals surface area contributed by atoms with E-state index in [9.17, 15) is 4.79 Å². The Morgan fingerprint density at radius 2 is 2.00 bits per heavy atom. The largest absolute Gasteiger partial charge is 0.465 e. The Morgan fingerprint density at radius 1 is 1.29 bits per heavy atom. The van der Waals surface area contributed by atoms with E-state index in [2.05, 4.69) is 17.3 Å². The molecule has 1 fully saturated rings. The number of carbonyl (C=O) groups is 1. The first-order chi connectivity index (χ1) is 9.70. The van der Waals surface area contributed by atoms with Crippen molar-refractivity contribution in [3.05, 3.63) is 35.4 Å². The summed E-state index contributed by atoms with van der Waals surface area (Å²) in [7, 11) is 3.59. The van der Waals surface area contributed by atoms with Crippen LogP contribution in [0.1, 0.15) is 35.2 Å². The fraction of sp³-hybridized carbons (Fsp3) is 0.562. The maximum atomic E-state index is 11.4. The van der Waals surface area contributed by atoms with Crippen LogP contribution in [-0.4, -0.2) is 44.2 Å². The zero-order valence-electron chi connectivity index (χ0n) is 12.8. The predicted octanol–water partition coefficient (Wildman–Crippen LogP) is 2.47. The number of hydrogen-bond donors (Lipinski definition) is 1. The third kappa shape index (κ3) is 5.30. The van der Waals surface area contributed by atoms with Crippen LogP contribution in [0.3, 0.4) is 0 Å². The third-order valence-corrected chi connectivity index (χ3v) is 3.98. The van der Waals surface area contributed by atoms with Crippen molar-refractivity contribution in [1.82, 2.24) is 10.2 Å². The van der Waals surface area contributed by atoms with E-state index in [0.717, 1.165) is 19.6 Å². The molecule has 0 radical (unpaired) electrons. The molecule has 1 aromatic carbocycles. The summed E-state index contributed by atoms with van der Waals surface area (Å²) in [5.74, 6) is -0.278. The zero-order chi connectivity index (χ0) is 14.4. The Morgan fingerprint density at radius 3 is 2.67 bits per heavy atom. The highest BCUT2D eigenvalue weighted by Crippen LogP contribution is 2.15. The standard InChI is InChI=1S/C16H24N2O2.ClH/c1-18(15-4-3-10-17-11-9-15)12-13-5-7-14(8-6-13)16(19)20-2;/h5-8,15,17H,3-4,9-12H2,1-2H3;1H. The lowest BCUT2D eigenvalue weighted by molar-refractivity contribution is 0.0600. The topological polar surface area (TPSA) is 41.6 Å². The Balaban J connectivity index is 0.00000220. The Kier molecular flexibility index (Phi) is 7.72. The number of benzene rings is 1. The van der Waals surface area contributed by atoms with Gasteiger partial charge in [-0.3, -0.25) is 4.90 Å². The molecule has 1 saturated heterocycles. The zero-order valence-corrected chi connectivity index (χ0v) is 13.6. The minimum Gasteiger partial charge on any atom is -0.465 e. The smallest absolute Gasteiger partial charge is 0.337 e. The highest BCUT2D eigenvalue weighted by molar-refractivity contribution is 5.89. The van der Waals surface area contributed by atoms with Gasteiger partial charge in [0.2, 0.25) is 0 Å². The molecule has 1 aliphatic rings. The summed E-state index contributed by atoms with van der Waals surface area (Å²) >= 11 is 0. The molecule has 0 aliphatic carbocycles. The molecule has 1 aliphatic heterocycles. The molecule has 4 nitrogen and oxygen atoms in total. The van der Waals surface area contributed by atoms with Crippen LogP contribution in [0.5, 0.6) is 0 Å². The molecule has 21 heavy (non-hydrogen) atoms. The Labute approximate surface area is 133 Å². The van der Waals surface area contributed by atoms with Gasteiger partial charge in [0.15, 0.2) is 0 Å². The second-order valence-corrected chi connectivity index (χ2v) is 5.44. The van der Waals surface area contributed by atoms with Gasteiger partial charge in [0.1, 0.15) is 0 Å². The molecule has 1 N–H and O–H groups in total. The quantitative estimate of drug-likeness (QED) is 0.867. The van der Waals surface area contributed by atoms with Crippen molar-refractivity contribution in [3.63, 3.8) is 0 Å². The summed E-state index contributed by atoms with van der Waals surface area (Å²) in [5.41, 5.74) is 1.84. The van der Waals surface area contributed by atoms with Crippen molar-refractivity contribution in [2.75, 3.05) is 27.2 Å². The number of methoxy groups -OCH3 is 1. The van der Waals surface area contributed by atoms with Crippen LogP contribution < -0.4 is 5.32 Å². The number of carbonyl (C=O) groups excluding carboxylic acids is 1. The maximum absolute atomic E-state index is 11.4. The lowest BCUT2D eigenvalue weighted by Gasteiger charge is -2.26. The SMILES string of the molecule is COC(=O)c1ccc(CN(C)C2CCCNCC2)cc1.Cl. The number of halogens is 1. The lowest BCUT2D eigenvalue weighted by atomic mass is 10.1. The number of nitrogens with zero attached hydrogens (tertiary/aromatic N) is 1. The maximum Gasteiger partial charge on any atom is 0.337 e. The van der Waals surface area contributed by atoms with Gasteiger partial charge in [-0.2, -0.15) is 0 Å². The number of nitrogens with one attached hydrogen (secondary N) is 1. The number of hydrogen-bond acceptors (Lipinski definition) is 4. The van der Waals surface area contributed by atoms with Gasteiger partial charge >= 0.3 is 5.97 Å². The van der Waals surface area contributed by atoms with E-state index in [1.165, 1.54) is 31.9 Å². The van der Waals surface area contributed by atoms with Crippen LogP contribution in [0.2, 0.25) is 0 Å². The molecular formula is C16H25ClN2O2. The van der Waals surface area contributed by atoms with E-state index in [1.54, 1.807) is 0 Å². The molecule has 0 bridgehead atoms. The van der Waals surface area contributed by atoms with Gasteiger partial charge in [-0.15, -0.1) is 12.4 Å². The summed E-state index contributed by atoms with van der Waals surface area (Å²) in [4.78, 5) is 13.8. The second kappa shape index (κ2) is 9.03. The van der Waals surface area contributed by atoms with Gasteiger partial charge in [-0.25, -0.2) is 4.79 Å². The molecule has 0 aromatic heterocycles. The van der Waals surface area contributed by atoms with Gasteiger partial charge in [0.25, 0.3) is 0 Å². The van der Waals surface area contributed by atoms with Crippen molar-refractivity contribution in [1.29, 1.82) is 0 Å². The van der Waals surface area contributed by atoms with Crippen molar-refractivity contribution in [3.8, 4) is 0 Å². The molecule has 1 unspecified atom stereocenters. The first-order valence-electron chi connectivity index (χ1n) is 7.29. The van der Waals surface area contributed by atoms with Crippen molar-refractivity contribution in [2.45, 2.75) is 31.8 Å². The molecular weight excluding hydrogens is 288 g/mol.